The van der Waals surface area contributed by atoms with Crippen LogP contribution in [0.2, 0.25) is 0 Å². The van der Waals surface area contributed by atoms with Crippen LogP contribution < -0.4 is 0 Å². The quantitative estimate of drug-likeness (QED) is 0.830. The SMILES string of the molecule is CC(C(=O)O)C1ON=C(c2ccccc2)C1(C)C.CCC.[C-]#[N+]C. The minimum atomic E-state index is -0.863. The van der Waals surface area contributed by atoms with Gasteiger partial charge in [-0.25, -0.2) is 6.57 Å². The molecule has 0 saturated carbocycles. The summed E-state index contributed by atoms with van der Waals surface area (Å²) < 4.78 is 0. The third-order valence-corrected chi connectivity index (χ3v) is 3.47. The van der Waals surface area contributed by atoms with Gasteiger partial charge < -0.3 is 14.8 Å². The lowest BCUT2D eigenvalue weighted by Gasteiger charge is -2.28. The Morgan fingerprint density at radius 3 is 2.25 bits per heavy atom. The van der Waals surface area contributed by atoms with E-state index >= 15 is 0 Å². The summed E-state index contributed by atoms with van der Waals surface area (Å²) in [5, 5.41) is 13.2. The van der Waals surface area contributed by atoms with Gasteiger partial charge in [0.25, 0.3) is 0 Å². The largest absolute Gasteiger partial charge is 0.481 e. The molecule has 1 aromatic rings. The zero-order valence-corrected chi connectivity index (χ0v) is 15.4. The van der Waals surface area contributed by atoms with Crippen molar-refractivity contribution in [1.29, 1.82) is 0 Å². The number of nitrogens with zero attached hydrogens (tertiary/aromatic N) is 2. The van der Waals surface area contributed by atoms with Crippen LogP contribution in [0.5, 0.6) is 0 Å². The molecule has 0 bridgehead atoms. The van der Waals surface area contributed by atoms with Gasteiger partial charge >= 0.3 is 5.97 Å². The number of hydrogen-bond donors (Lipinski definition) is 1. The Hall–Kier alpha value is -2.35. The molecule has 1 aliphatic heterocycles. The maximum Gasteiger partial charge on any atom is 0.310 e. The van der Waals surface area contributed by atoms with Crippen LogP contribution >= 0.6 is 0 Å². The maximum absolute atomic E-state index is 11.1. The average molecular weight is 332 g/mol. The molecule has 0 fully saturated rings. The highest BCUT2D eigenvalue weighted by Crippen LogP contribution is 2.38. The summed E-state index contributed by atoms with van der Waals surface area (Å²) in [6, 6.07) is 9.71. The fraction of sp³-hybridized carbons (Fsp3) is 0.526. The Morgan fingerprint density at radius 2 is 1.83 bits per heavy atom. The van der Waals surface area contributed by atoms with Crippen LogP contribution in [0.15, 0.2) is 35.5 Å². The lowest BCUT2D eigenvalue weighted by atomic mass is 9.75. The Labute approximate surface area is 145 Å². The van der Waals surface area contributed by atoms with Gasteiger partial charge in [-0.15, -0.1) is 0 Å². The van der Waals surface area contributed by atoms with Gasteiger partial charge in [0.15, 0.2) is 6.10 Å². The monoisotopic (exact) mass is 332 g/mol. The summed E-state index contributed by atoms with van der Waals surface area (Å²) in [4.78, 5) is 19.2. The number of carboxylic acid groups (broad SMARTS) is 1. The van der Waals surface area contributed by atoms with Crippen LogP contribution in [-0.2, 0) is 9.63 Å². The molecule has 2 unspecified atom stereocenters. The van der Waals surface area contributed by atoms with Crippen molar-refractivity contribution >= 4 is 11.7 Å². The normalized spacial score (nSPS) is 18.4. The Morgan fingerprint density at radius 1 is 1.38 bits per heavy atom. The summed E-state index contributed by atoms with van der Waals surface area (Å²) >= 11 is 0. The molecule has 0 radical (unpaired) electrons. The Bertz CT molecular complexity index is 574. The first-order valence-corrected chi connectivity index (χ1v) is 8.05. The van der Waals surface area contributed by atoms with Gasteiger partial charge in [0.05, 0.1) is 17.0 Å². The van der Waals surface area contributed by atoms with Crippen molar-refractivity contribution < 1.29 is 14.7 Å². The van der Waals surface area contributed by atoms with E-state index in [1.165, 1.54) is 13.5 Å². The van der Waals surface area contributed by atoms with Crippen molar-refractivity contribution in [2.24, 2.45) is 16.5 Å². The first kappa shape index (κ1) is 21.6. The lowest BCUT2D eigenvalue weighted by Crippen LogP contribution is -2.40. The summed E-state index contributed by atoms with van der Waals surface area (Å²) in [5.41, 5.74) is 1.36. The molecule has 0 aromatic heterocycles. The highest BCUT2D eigenvalue weighted by atomic mass is 16.6. The van der Waals surface area contributed by atoms with Crippen molar-refractivity contribution in [2.75, 3.05) is 7.05 Å². The number of carbonyl (C=O) groups is 1. The summed E-state index contributed by atoms with van der Waals surface area (Å²) in [7, 11) is 1.42. The summed E-state index contributed by atoms with van der Waals surface area (Å²) in [5.74, 6) is -1.46. The zero-order valence-electron chi connectivity index (χ0n) is 15.4. The molecular weight excluding hydrogens is 304 g/mol. The van der Waals surface area contributed by atoms with Crippen molar-refractivity contribution in [3.63, 3.8) is 0 Å². The second kappa shape index (κ2) is 10.4. The van der Waals surface area contributed by atoms with Crippen LogP contribution in [0, 0.1) is 17.9 Å². The van der Waals surface area contributed by atoms with Crippen LogP contribution in [0.3, 0.4) is 0 Å². The van der Waals surface area contributed by atoms with Crippen molar-refractivity contribution in [3.05, 3.63) is 47.3 Å². The molecule has 24 heavy (non-hydrogen) atoms. The van der Waals surface area contributed by atoms with E-state index in [4.69, 9.17) is 16.5 Å². The predicted octanol–water partition coefficient (Wildman–Crippen LogP) is 4.49. The van der Waals surface area contributed by atoms with Crippen molar-refractivity contribution in [2.45, 2.75) is 47.1 Å². The van der Waals surface area contributed by atoms with Gasteiger partial charge in [-0.3, -0.25) is 4.79 Å². The van der Waals surface area contributed by atoms with E-state index in [1.807, 2.05) is 44.2 Å². The van der Waals surface area contributed by atoms with Crippen LogP contribution in [0.1, 0.15) is 46.6 Å². The van der Waals surface area contributed by atoms with Gasteiger partial charge in [-0.2, -0.15) is 0 Å². The van der Waals surface area contributed by atoms with Gasteiger partial charge in [-0.1, -0.05) is 69.6 Å². The Kier molecular flexibility index (Phi) is 9.41. The van der Waals surface area contributed by atoms with Crippen LogP contribution in [0.4, 0.5) is 0 Å². The molecule has 1 heterocycles. The topological polar surface area (TPSA) is 63.2 Å². The number of aliphatic carboxylic acids is 1. The van der Waals surface area contributed by atoms with Crippen molar-refractivity contribution in [3.8, 4) is 0 Å². The number of rotatable bonds is 3. The maximum atomic E-state index is 11.1. The molecule has 0 amide bonds. The summed E-state index contributed by atoms with van der Waals surface area (Å²) in [6.07, 6.45) is 0.810. The predicted molar refractivity (Wildman–Crippen MR) is 96.9 cm³/mol. The van der Waals surface area contributed by atoms with E-state index in [9.17, 15) is 4.79 Å². The number of carboxylic acids is 1. The fourth-order valence-electron chi connectivity index (χ4n) is 2.36. The molecule has 2 rings (SSSR count). The van der Waals surface area contributed by atoms with Gasteiger partial charge in [0.1, 0.15) is 0 Å². The lowest BCUT2D eigenvalue weighted by molar-refractivity contribution is -0.148. The molecule has 1 aromatic carbocycles. The molecule has 0 spiro atoms. The molecule has 132 valence electrons. The third-order valence-electron chi connectivity index (χ3n) is 3.47. The highest BCUT2D eigenvalue weighted by Gasteiger charge is 2.47. The minimum Gasteiger partial charge on any atom is -0.481 e. The van der Waals surface area contributed by atoms with Crippen LogP contribution in [-0.4, -0.2) is 29.9 Å². The standard InChI is InChI=1S/C14H17NO3.C3H8.C2H3N/c1-9(13(16)17)12-14(2,3)11(15-18-12)10-7-5-4-6-8-10;2*1-3-2/h4-9,12H,1-3H3,(H,16,17);3H2,1-2H3;1H3. The molecule has 2 atom stereocenters. The number of oxime groups is 1. The second-order valence-electron chi connectivity index (χ2n) is 6.11. The molecule has 5 nitrogen and oxygen atoms in total. The summed E-state index contributed by atoms with van der Waals surface area (Å²) in [6.45, 7) is 15.7. The molecule has 5 heteroatoms. The molecule has 0 saturated heterocycles. The van der Waals surface area contributed by atoms with E-state index < -0.39 is 23.4 Å². The Balaban J connectivity index is 0.000000772. The number of hydrogen-bond acceptors (Lipinski definition) is 3. The van der Waals surface area contributed by atoms with E-state index in [0.717, 1.165) is 11.3 Å². The van der Waals surface area contributed by atoms with Gasteiger partial charge in [-0.05, 0) is 12.5 Å². The molecular formula is C19H28N2O3. The molecule has 1 N–H and O–H groups in total. The fourth-order valence-corrected chi connectivity index (χ4v) is 2.36. The molecule has 0 aliphatic carbocycles. The van der Waals surface area contributed by atoms with Gasteiger partial charge in [0.2, 0.25) is 7.05 Å². The first-order chi connectivity index (χ1) is 11.3. The second-order valence-corrected chi connectivity index (χ2v) is 6.11. The number of benzene rings is 1. The first-order valence-electron chi connectivity index (χ1n) is 8.05. The molecule has 1 aliphatic rings. The van der Waals surface area contributed by atoms with E-state index in [-0.39, 0.29) is 0 Å². The smallest absolute Gasteiger partial charge is 0.310 e. The van der Waals surface area contributed by atoms with E-state index in [2.05, 4.69) is 23.8 Å². The highest BCUT2D eigenvalue weighted by molar-refractivity contribution is 6.05. The van der Waals surface area contributed by atoms with Crippen molar-refractivity contribution in [1.82, 2.24) is 0 Å². The van der Waals surface area contributed by atoms with Crippen LogP contribution in [0.25, 0.3) is 4.85 Å². The third kappa shape index (κ3) is 5.69. The zero-order chi connectivity index (χ0) is 18.8. The minimum absolute atomic E-state index is 0.418. The van der Waals surface area contributed by atoms with Gasteiger partial charge in [0, 0.05) is 0 Å². The average Bonchev–Trinajstić information content (AvgIpc) is 2.84. The van der Waals surface area contributed by atoms with E-state index in [1.54, 1.807) is 6.92 Å². The van der Waals surface area contributed by atoms with E-state index in [0.29, 0.717) is 0 Å².